The largest absolute Gasteiger partial charge is 0.518 e. The monoisotopic (exact) mass is 264 g/mol. The Hall–Kier alpha value is -1.01. The first-order valence-corrected chi connectivity index (χ1v) is 6.95. The molecule has 0 saturated carbocycles. The summed E-state index contributed by atoms with van der Waals surface area (Å²) < 4.78 is 17.5. The summed E-state index contributed by atoms with van der Waals surface area (Å²) in [6, 6.07) is 0.683. The minimum absolute atomic E-state index is 0.343. The maximum atomic E-state index is 5.96. The fourth-order valence-corrected chi connectivity index (χ4v) is 2.40. The van der Waals surface area contributed by atoms with Crippen LogP contribution in [0, 0.1) is 0 Å². The number of anilines is 1. The van der Waals surface area contributed by atoms with Gasteiger partial charge < -0.3 is 18.6 Å². The van der Waals surface area contributed by atoms with Gasteiger partial charge in [0, 0.05) is 13.1 Å². The normalized spacial score (nSPS) is 25.3. The van der Waals surface area contributed by atoms with Crippen LogP contribution >= 0.6 is 0 Å². The lowest BCUT2D eigenvalue weighted by Crippen LogP contribution is -2.41. The van der Waals surface area contributed by atoms with E-state index in [0.29, 0.717) is 6.01 Å². The minimum atomic E-state index is -0.440. The molecule has 3 rings (SSSR count). The standard InChI is InChI=1S/C13H21BN2O3/c1-12(2)13(3,4)19-14(18-12)10-9-17-11(15-10)16-7-5-6-8-16/h9H,5-8H2,1-4H3. The van der Waals surface area contributed by atoms with E-state index in [1.807, 2.05) is 27.7 Å². The van der Waals surface area contributed by atoms with Crippen LogP contribution in [-0.2, 0) is 9.31 Å². The molecule has 5 nitrogen and oxygen atoms in total. The van der Waals surface area contributed by atoms with Crippen LogP contribution in [0.5, 0.6) is 0 Å². The van der Waals surface area contributed by atoms with Crippen molar-refractivity contribution in [2.24, 2.45) is 0 Å². The van der Waals surface area contributed by atoms with Gasteiger partial charge in [-0.3, -0.25) is 0 Å². The molecule has 0 N–H and O–H groups in total. The average molecular weight is 264 g/mol. The van der Waals surface area contributed by atoms with E-state index in [1.54, 1.807) is 6.26 Å². The zero-order valence-corrected chi connectivity index (χ0v) is 12.1. The molecule has 2 aliphatic heterocycles. The molecule has 2 aliphatic rings. The summed E-state index contributed by atoms with van der Waals surface area (Å²) in [5, 5.41) is 0. The van der Waals surface area contributed by atoms with Crippen LogP contribution in [0.4, 0.5) is 6.01 Å². The molecule has 0 amide bonds. The van der Waals surface area contributed by atoms with Crippen molar-refractivity contribution < 1.29 is 13.7 Å². The fraction of sp³-hybridized carbons (Fsp3) is 0.769. The molecule has 1 aromatic heterocycles. The number of aromatic nitrogens is 1. The Labute approximate surface area is 114 Å². The first kappa shape index (κ1) is 13.0. The third kappa shape index (κ3) is 2.17. The molecule has 2 fully saturated rings. The summed E-state index contributed by atoms with van der Waals surface area (Å²) >= 11 is 0. The van der Waals surface area contributed by atoms with Gasteiger partial charge in [-0.1, -0.05) is 0 Å². The first-order valence-electron chi connectivity index (χ1n) is 6.95. The van der Waals surface area contributed by atoms with Crippen LogP contribution in [0.15, 0.2) is 10.7 Å². The first-order chi connectivity index (χ1) is 8.89. The smallest absolute Gasteiger partial charge is 0.432 e. The second-order valence-electron chi connectivity index (χ2n) is 6.34. The highest BCUT2D eigenvalue weighted by molar-refractivity contribution is 6.61. The molecule has 0 aromatic carbocycles. The summed E-state index contributed by atoms with van der Waals surface area (Å²) in [5.74, 6) is 0. The molecule has 0 unspecified atom stereocenters. The lowest BCUT2D eigenvalue weighted by Gasteiger charge is -2.32. The number of hydrogen-bond donors (Lipinski definition) is 0. The van der Waals surface area contributed by atoms with Crippen molar-refractivity contribution in [3.8, 4) is 0 Å². The number of rotatable bonds is 2. The van der Waals surface area contributed by atoms with Crippen molar-refractivity contribution in [3.05, 3.63) is 6.26 Å². The fourth-order valence-electron chi connectivity index (χ4n) is 2.40. The second-order valence-corrected chi connectivity index (χ2v) is 6.34. The van der Waals surface area contributed by atoms with Crippen LogP contribution in [0.3, 0.4) is 0 Å². The van der Waals surface area contributed by atoms with E-state index in [2.05, 4.69) is 9.88 Å². The van der Waals surface area contributed by atoms with E-state index in [9.17, 15) is 0 Å². The highest BCUT2D eigenvalue weighted by Crippen LogP contribution is 2.36. The van der Waals surface area contributed by atoms with E-state index in [4.69, 9.17) is 13.7 Å². The summed E-state index contributed by atoms with van der Waals surface area (Å²) in [4.78, 5) is 6.68. The van der Waals surface area contributed by atoms with Gasteiger partial charge in [0.15, 0.2) is 0 Å². The van der Waals surface area contributed by atoms with E-state index >= 15 is 0 Å². The van der Waals surface area contributed by atoms with E-state index in [1.165, 1.54) is 12.8 Å². The minimum Gasteiger partial charge on any atom is -0.432 e. The van der Waals surface area contributed by atoms with Crippen LogP contribution in [-0.4, -0.2) is 36.4 Å². The van der Waals surface area contributed by atoms with Gasteiger partial charge in [0.2, 0.25) is 0 Å². The van der Waals surface area contributed by atoms with Crippen molar-refractivity contribution in [3.63, 3.8) is 0 Å². The molecule has 3 heterocycles. The molecule has 104 valence electrons. The van der Waals surface area contributed by atoms with Gasteiger partial charge in [-0.15, -0.1) is 0 Å². The van der Waals surface area contributed by atoms with Gasteiger partial charge >= 0.3 is 7.12 Å². The SMILES string of the molecule is CC1(C)OB(c2coc(N3CCCC3)n2)OC1(C)C. The lowest BCUT2D eigenvalue weighted by molar-refractivity contribution is 0.00578. The Morgan fingerprint density at radius 1 is 1.11 bits per heavy atom. The van der Waals surface area contributed by atoms with Gasteiger partial charge in [0.25, 0.3) is 6.01 Å². The number of nitrogens with zero attached hydrogens (tertiary/aromatic N) is 2. The second kappa shape index (κ2) is 4.25. The summed E-state index contributed by atoms with van der Waals surface area (Å²) in [5.41, 5.74) is 0.0371. The van der Waals surface area contributed by atoms with Gasteiger partial charge in [-0.25, -0.2) is 4.98 Å². The molecule has 0 aliphatic carbocycles. The summed E-state index contributed by atoms with van der Waals surface area (Å²) in [6.07, 6.45) is 4.05. The maximum Gasteiger partial charge on any atom is 0.518 e. The van der Waals surface area contributed by atoms with Gasteiger partial charge in [0.1, 0.15) is 11.9 Å². The predicted molar refractivity (Wildman–Crippen MR) is 73.7 cm³/mol. The summed E-state index contributed by atoms with van der Waals surface area (Å²) in [7, 11) is -0.440. The zero-order chi connectivity index (χ0) is 13.7. The number of hydrogen-bond acceptors (Lipinski definition) is 5. The van der Waals surface area contributed by atoms with Crippen molar-refractivity contribution in [1.29, 1.82) is 0 Å². The molecule has 0 radical (unpaired) electrons. The van der Waals surface area contributed by atoms with Crippen LogP contribution < -0.4 is 10.5 Å². The van der Waals surface area contributed by atoms with Crippen LogP contribution in [0.1, 0.15) is 40.5 Å². The van der Waals surface area contributed by atoms with E-state index < -0.39 is 7.12 Å². The third-order valence-electron chi connectivity index (χ3n) is 4.38. The Kier molecular flexibility index (Phi) is 2.91. The summed E-state index contributed by atoms with van der Waals surface area (Å²) in [6.45, 7) is 10.2. The van der Waals surface area contributed by atoms with Crippen LogP contribution in [0.2, 0.25) is 0 Å². The predicted octanol–water partition coefficient (Wildman–Crippen LogP) is 1.57. The van der Waals surface area contributed by atoms with Gasteiger partial charge in [-0.05, 0) is 40.5 Å². The Balaban J connectivity index is 1.77. The Morgan fingerprint density at radius 3 is 2.26 bits per heavy atom. The molecule has 0 spiro atoms. The Bertz CT molecular complexity index is 450. The van der Waals surface area contributed by atoms with Crippen molar-refractivity contribution >= 4 is 18.7 Å². The van der Waals surface area contributed by atoms with E-state index in [-0.39, 0.29) is 11.2 Å². The molecule has 19 heavy (non-hydrogen) atoms. The van der Waals surface area contributed by atoms with Crippen LogP contribution in [0.25, 0.3) is 0 Å². The molecular formula is C13H21BN2O3. The van der Waals surface area contributed by atoms with E-state index in [0.717, 1.165) is 18.7 Å². The quantitative estimate of drug-likeness (QED) is 0.759. The van der Waals surface area contributed by atoms with Crippen molar-refractivity contribution in [2.75, 3.05) is 18.0 Å². The van der Waals surface area contributed by atoms with Gasteiger partial charge in [-0.2, -0.15) is 0 Å². The number of oxazole rings is 1. The van der Waals surface area contributed by atoms with Crippen molar-refractivity contribution in [2.45, 2.75) is 51.7 Å². The highest BCUT2D eigenvalue weighted by atomic mass is 16.7. The molecule has 6 heteroatoms. The molecule has 0 bridgehead atoms. The topological polar surface area (TPSA) is 47.7 Å². The Morgan fingerprint density at radius 2 is 1.68 bits per heavy atom. The maximum absolute atomic E-state index is 5.96. The molecule has 1 aromatic rings. The zero-order valence-electron chi connectivity index (χ0n) is 12.1. The molecule has 0 atom stereocenters. The molecular weight excluding hydrogens is 243 g/mol. The third-order valence-corrected chi connectivity index (χ3v) is 4.38. The molecule has 2 saturated heterocycles. The average Bonchev–Trinajstić information content (AvgIpc) is 3.00. The highest BCUT2D eigenvalue weighted by Gasteiger charge is 2.53. The van der Waals surface area contributed by atoms with Gasteiger partial charge in [0.05, 0.1) is 11.2 Å². The lowest BCUT2D eigenvalue weighted by atomic mass is 9.86. The van der Waals surface area contributed by atoms with Crippen molar-refractivity contribution in [1.82, 2.24) is 4.98 Å².